The summed E-state index contributed by atoms with van der Waals surface area (Å²) in [4.78, 5) is 10.5. The largest absolute Gasteiger partial charge is 0.366 e. The summed E-state index contributed by atoms with van der Waals surface area (Å²) in [6.07, 6.45) is 0. The van der Waals surface area contributed by atoms with Gasteiger partial charge in [0, 0.05) is 5.56 Å². The summed E-state index contributed by atoms with van der Waals surface area (Å²) in [5.74, 6) is -0.550. The van der Waals surface area contributed by atoms with E-state index >= 15 is 0 Å². The zero-order valence-electron chi connectivity index (χ0n) is 5.79. The Kier molecular flexibility index (Phi) is 1.17. The zero-order chi connectivity index (χ0) is 7.56. The van der Waals surface area contributed by atoms with Crippen LogP contribution in [0.15, 0.2) is 30.3 Å². The Morgan fingerprint density at radius 2 is 2.33 bits per heavy atom. The van der Waals surface area contributed by atoms with Crippen molar-refractivity contribution in [1.29, 1.82) is 0 Å². The van der Waals surface area contributed by atoms with Gasteiger partial charge in [0.05, 0.1) is 1.37 Å². The molecule has 1 amide bonds. The van der Waals surface area contributed by atoms with Crippen LogP contribution in [0.2, 0.25) is 0 Å². The third kappa shape index (κ3) is 1.29. The van der Waals surface area contributed by atoms with Gasteiger partial charge >= 0.3 is 0 Å². The van der Waals surface area contributed by atoms with Crippen molar-refractivity contribution in [3.63, 3.8) is 0 Å². The molecule has 1 aromatic rings. The van der Waals surface area contributed by atoms with Gasteiger partial charge in [0.25, 0.3) is 0 Å². The van der Waals surface area contributed by atoms with Crippen LogP contribution in [0.3, 0.4) is 0 Å². The summed E-state index contributed by atoms with van der Waals surface area (Å²) in [7, 11) is 0. The van der Waals surface area contributed by atoms with Crippen LogP contribution in [-0.4, -0.2) is 5.91 Å². The molecule has 0 aliphatic rings. The van der Waals surface area contributed by atoms with Crippen molar-refractivity contribution < 1.29 is 6.17 Å². The third-order valence-electron chi connectivity index (χ3n) is 0.975. The van der Waals surface area contributed by atoms with Crippen LogP contribution < -0.4 is 5.73 Å². The number of carbonyl (C=O) groups excluding carboxylic acids is 1. The molecule has 0 unspecified atom stereocenters. The van der Waals surface area contributed by atoms with E-state index in [1.54, 1.807) is 12.1 Å². The molecule has 2 N–H and O–H groups in total. The first-order valence-electron chi connectivity index (χ1n) is 3.07. The Morgan fingerprint density at radius 3 is 2.78 bits per heavy atom. The van der Waals surface area contributed by atoms with Gasteiger partial charge in [0.15, 0.2) is 0 Å². The maximum atomic E-state index is 10.5. The fourth-order valence-electron chi connectivity index (χ4n) is 0.547. The van der Waals surface area contributed by atoms with E-state index in [0.29, 0.717) is 0 Å². The van der Waals surface area contributed by atoms with Gasteiger partial charge in [-0.2, -0.15) is 0 Å². The van der Waals surface area contributed by atoms with Crippen LogP contribution in [0.1, 0.15) is 11.7 Å². The first-order chi connectivity index (χ1) is 4.72. The van der Waals surface area contributed by atoms with Crippen molar-refractivity contribution in [2.75, 3.05) is 0 Å². The maximum absolute atomic E-state index is 10.5. The predicted molar refractivity (Wildman–Crippen MR) is 35.0 cm³/mol. The van der Waals surface area contributed by atoms with E-state index in [1.807, 2.05) is 0 Å². The number of hydrogen-bond acceptors (Lipinski definition) is 1. The first-order valence-corrected chi connectivity index (χ1v) is 2.57. The van der Waals surface area contributed by atoms with Crippen LogP contribution in [0, 0.1) is 0 Å². The lowest BCUT2D eigenvalue weighted by molar-refractivity contribution is 0.100. The predicted octanol–water partition coefficient (Wildman–Crippen LogP) is 0.786. The molecule has 0 aliphatic heterocycles. The van der Waals surface area contributed by atoms with Crippen molar-refractivity contribution >= 4 is 5.91 Å². The van der Waals surface area contributed by atoms with E-state index < -0.39 is 5.91 Å². The number of primary amides is 1. The summed E-state index contributed by atoms with van der Waals surface area (Å²) in [6.45, 7) is 0. The molecule has 1 rings (SSSR count). The van der Waals surface area contributed by atoms with E-state index in [2.05, 4.69) is 0 Å². The van der Waals surface area contributed by atoms with Crippen LogP contribution in [-0.2, 0) is 0 Å². The molecular formula is C7H7NO. The van der Waals surface area contributed by atoms with Gasteiger partial charge in [-0.1, -0.05) is 18.2 Å². The van der Waals surface area contributed by atoms with Crippen molar-refractivity contribution in [3.05, 3.63) is 35.9 Å². The highest BCUT2D eigenvalue weighted by molar-refractivity contribution is 5.92. The molecule has 2 heteroatoms. The molecule has 9 heavy (non-hydrogen) atoms. The number of rotatable bonds is 1. The average molecular weight is 123 g/mol. The van der Waals surface area contributed by atoms with Crippen LogP contribution in [0.4, 0.5) is 0 Å². The quantitative estimate of drug-likeness (QED) is 0.589. The fourth-order valence-corrected chi connectivity index (χ4v) is 0.547. The minimum absolute atomic E-state index is 0.176. The number of amides is 1. The number of nitrogens with two attached hydrogens (primary N) is 1. The van der Waals surface area contributed by atoms with E-state index in [9.17, 15) is 4.79 Å². The molecule has 0 atom stereocenters. The zero-order valence-corrected chi connectivity index (χ0v) is 4.79. The summed E-state index contributed by atoms with van der Waals surface area (Å²) < 4.78 is 7.20. The number of carbonyl (C=O) groups is 1. The Hall–Kier alpha value is -1.31. The number of hydrogen-bond donors (Lipinski definition) is 1. The van der Waals surface area contributed by atoms with E-state index in [4.69, 9.17) is 7.10 Å². The second-order valence-corrected chi connectivity index (χ2v) is 1.64. The summed E-state index contributed by atoms with van der Waals surface area (Å²) in [5, 5.41) is 0. The monoisotopic (exact) mass is 123 g/mol. The molecule has 0 heterocycles. The Bertz CT molecular complexity index is 260. The number of benzene rings is 1. The van der Waals surface area contributed by atoms with Gasteiger partial charge < -0.3 is 5.73 Å². The molecule has 0 saturated carbocycles. The van der Waals surface area contributed by atoms with E-state index in [-0.39, 0.29) is 11.6 Å². The smallest absolute Gasteiger partial charge is 0.248 e. The van der Waals surface area contributed by atoms with Crippen molar-refractivity contribution in [1.82, 2.24) is 0 Å². The van der Waals surface area contributed by atoms with Gasteiger partial charge in [-0.3, -0.25) is 4.79 Å². The molecule has 1 aromatic carbocycles. The summed E-state index contributed by atoms with van der Waals surface area (Å²) >= 11 is 0. The average Bonchev–Trinajstić information content (AvgIpc) is 1.88. The van der Waals surface area contributed by atoms with Crippen LogP contribution in [0.5, 0.6) is 0 Å². The second-order valence-electron chi connectivity index (χ2n) is 1.64. The standard InChI is InChI=1S/C7H7NO/c8-7(9)6-4-2-1-3-5-6/h1-5H,(H2,8,9)/i4T. The van der Waals surface area contributed by atoms with E-state index in [1.165, 1.54) is 12.1 Å². The minimum Gasteiger partial charge on any atom is -0.366 e. The fraction of sp³-hybridized carbons (Fsp3) is 0. The van der Waals surface area contributed by atoms with Crippen LogP contribution in [0.25, 0.3) is 0 Å². The highest BCUT2D eigenvalue weighted by atomic mass is 16.1. The van der Waals surface area contributed by atoms with Crippen molar-refractivity contribution in [2.24, 2.45) is 5.73 Å². The highest BCUT2D eigenvalue weighted by Crippen LogP contribution is 1.94. The topological polar surface area (TPSA) is 43.1 Å². The Balaban J connectivity index is 3.15. The van der Waals surface area contributed by atoms with Gasteiger partial charge in [0.2, 0.25) is 5.91 Å². The lowest BCUT2D eigenvalue weighted by atomic mass is 10.2. The molecule has 0 aromatic heterocycles. The van der Waals surface area contributed by atoms with Crippen LogP contribution >= 0.6 is 0 Å². The molecule has 0 spiro atoms. The molecular weight excluding hydrogens is 114 g/mol. The molecule has 0 aliphatic carbocycles. The summed E-state index contributed by atoms with van der Waals surface area (Å²) in [5.41, 5.74) is 5.22. The molecule has 0 fully saturated rings. The van der Waals surface area contributed by atoms with Gasteiger partial charge in [0.1, 0.15) is 0 Å². The maximum Gasteiger partial charge on any atom is 0.248 e. The van der Waals surface area contributed by atoms with E-state index in [0.717, 1.165) is 0 Å². The van der Waals surface area contributed by atoms with Gasteiger partial charge in [-0.05, 0) is 12.1 Å². The minimum atomic E-state index is -0.550. The second kappa shape index (κ2) is 2.31. The molecule has 2 nitrogen and oxygen atoms in total. The highest BCUT2D eigenvalue weighted by Gasteiger charge is 1.93. The third-order valence-corrected chi connectivity index (χ3v) is 0.975. The van der Waals surface area contributed by atoms with Gasteiger partial charge in [-0.15, -0.1) is 0 Å². The normalized spacial score (nSPS) is 10.4. The van der Waals surface area contributed by atoms with Gasteiger partial charge in [-0.25, -0.2) is 0 Å². The molecule has 0 saturated heterocycles. The summed E-state index contributed by atoms with van der Waals surface area (Å²) in [6, 6.07) is 6.60. The Morgan fingerprint density at radius 1 is 1.56 bits per heavy atom. The SMILES string of the molecule is [3H]c1ccccc1C(N)=O. The Labute approximate surface area is 54.7 Å². The van der Waals surface area contributed by atoms with Crippen molar-refractivity contribution in [2.45, 2.75) is 0 Å². The molecule has 46 valence electrons. The molecule has 0 radical (unpaired) electrons. The molecule has 0 bridgehead atoms. The lowest BCUT2D eigenvalue weighted by Gasteiger charge is -1.89. The lowest BCUT2D eigenvalue weighted by Crippen LogP contribution is -2.09. The van der Waals surface area contributed by atoms with Crippen molar-refractivity contribution in [3.8, 4) is 0 Å². The first kappa shape index (κ1) is 4.56.